The van der Waals surface area contributed by atoms with E-state index >= 15 is 0 Å². The average molecular weight is 285 g/mol. The predicted octanol–water partition coefficient (Wildman–Crippen LogP) is 2.19. The standard InChI is InChI=1S/C12H17BrN2O/c13-10-4-5-11(14-8-10)9-15(6-7-16)12-2-1-3-12/h4-5,8,12,16H,1-3,6-7,9H2. The molecule has 1 fully saturated rings. The molecule has 1 aliphatic rings. The van der Waals surface area contributed by atoms with Crippen molar-refractivity contribution in [2.45, 2.75) is 31.8 Å². The molecule has 1 saturated carbocycles. The zero-order chi connectivity index (χ0) is 11.4. The molecule has 0 spiro atoms. The molecule has 1 aromatic heterocycles. The van der Waals surface area contributed by atoms with Gasteiger partial charge >= 0.3 is 0 Å². The highest BCUT2D eigenvalue weighted by Gasteiger charge is 2.24. The van der Waals surface area contributed by atoms with E-state index in [0.717, 1.165) is 23.3 Å². The second-order valence-corrected chi connectivity index (χ2v) is 5.16. The van der Waals surface area contributed by atoms with E-state index in [0.29, 0.717) is 6.04 Å². The highest BCUT2D eigenvalue weighted by molar-refractivity contribution is 9.10. The fourth-order valence-electron chi connectivity index (χ4n) is 1.98. The fourth-order valence-corrected chi connectivity index (χ4v) is 2.21. The summed E-state index contributed by atoms with van der Waals surface area (Å²) in [5.74, 6) is 0. The molecule has 0 atom stereocenters. The van der Waals surface area contributed by atoms with Gasteiger partial charge in [-0.1, -0.05) is 6.42 Å². The van der Waals surface area contributed by atoms with Gasteiger partial charge in [0.1, 0.15) is 0 Å². The molecule has 1 N–H and O–H groups in total. The quantitative estimate of drug-likeness (QED) is 0.901. The first-order chi connectivity index (χ1) is 7.79. The van der Waals surface area contributed by atoms with E-state index in [1.54, 1.807) is 0 Å². The molecule has 88 valence electrons. The summed E-state index contributed by atoms with van der Waals surface area (Å²) < 4.78 is 1.01. The summed E-state index contributed by atoms with van der Waals surface area (Å²) in [6, 6.07) is 4.70. The molecule has 16 heavy (non-hydrogen) atoms. The summed E-state index contributed by atoms with van der Waals surface area (Å²) in [6.45, 7) is 1.83. The maximum absolute atomic E-state index is 9.06. The number of rotatable bonds is 5. The van der Waals surface area contributed by atoms with E-state index in [2.05, 4.69) is 25.8 Å². The number of hydrogen-bond acceptors (Lipinski definition) is 3. The topological polar surface area (TPSA) is 36.4 Å². The van der Waals surface area contributed by atoms with Crippen LogP contribution in [0.25, 0.3) is 0 Å². The SMILES string of the molecule is OCCN(Cc1ccc(Br)cn1)C1CCC1. The Morgan fingerprint density at radius 1 is 1.44 bits per heavy atom. The van der Waals surface area contributed by atoms with E-state index in [1.807, 2.05) is 18.3 Å². The van der Waals surface area contributed by atoms with Gasteiger partial charge in [0.2, 0.25) is 0 Å². The molecule has 0 unspecified atom stereocenters. The van der Waals surface area contributed by atoms with Crippen LogP contribution in [0.3, 0.4) is 0 Å². The van der Waals surface area contributed by atoms with Gasteiger partial charge in [0.25, 0.3) is 0 Å². The largest absolute Gasteiger partial charge is 0.395 e. The second kappa shape index (κ2) is 5.75. The molecular formula is C12H17BrN2O. The first-order valence-corrected chi connectivity index (χ1v) is 6.54. The Kier molecular flexibility index (Phi) is 4.32. The van der Waals surface area contributed by atoms with Crippen LogP contribution in [0.1, 0.15) is 25.0 Å². The van der Waals surface area contributed by atoms with Crippen LogP contribution in [-0.2, 0) is 6.54 Å². The van der Waals surface area contributed by atoms with Crippen LogP contribution in [-0.4, -0.2) is 34.2 Å². The number of hydrogen-bond donors (Lipinski definition) is 1. The summed E-state index contributed by atoms with van der Waals surface area (Å²) >= 11 is 3.38. The molecule has 0 bridgehead atoms. The summed E-state index contributed by atoms with van der Waals surface area (Å²) in [5, 5.41) is 9.06. The van der Waals surface area contributed by atoms with Crippen LogP contribution < -0.4 is 0 Å². The molecule has 3 nitrogen and oxygen atoms in total. The number of aromatic nitrogens is 1. The molecule has 1 heterocycles. The lowest BCUT2D eigenvalue weighted by atomic mass is 9.91. The third-order valence-corrected chi connectivity index (χ3v) is 3.60. The highest BCUT2D eigenvalue weighted by atomic mass is 79.9. The minimum absolute atomic E-state index is 0.229. The minimum Gasteiger partial charge on any atom is -0.395 e. The molecule has 4 heteroatoms. The molecular weight excluding hydrogens is 268 g/mol. The Balaban J connectivity index is 1.96. The molecule has 0 radical (unpaired) electrons. The molecule has 1 aliphatic carbocycles. The molecule has 2 rings (SSSR count). The predicted molar refractivity (Wildman–Crippen MR) is 67.1 cm³/mol. The maximum Gasteiger partial charge on any atom is 0.0558 e. The normalized spacial score (nSPS) is 16.4. The van der Waals surface area contributed by atoms with E-state index in [1.165, 1.54) is 19.3 Å². The lowest BCUT2D eigenvalue weighted by Gasteiger charge is -2.37. The van der Waals surface area contributed by atoms with Crippen molar-refractivity contribution >= 4 is 15.9 Å². The summed E-state index contributed by atoms with van der Waals surface area (Å²) in [4.78, 5) is 6.70. The summed E-state index contributed by atoms with van der Waals surface area (Å²) in [7, 11) is 0. The lowest BCUT2D eigenvalue weighted by molar-refractivity contribution is 0.0933. The average Bonchev–Trinajstić information content (AvgIpc) is 2.19. The monoisotopic (exact) mass is 284 g/mol. The Labute approximate surface area is 105 Å². The number of aliphatic hydroxyl groups is 1. The van der Waals surface area contributed by atoms with Crippen LogP contribution in [0.5, 0.6) is 0 Å². The maximum atomic E-state index is 9.06. The van der Waals surface area contributed by atoms with E-state index in [-0.39, 0.29) is 6.61 Å². The summed E-state index contributed by atoms with van der Waals surface area (Å²) in [5.41, 5.74) is 1.07. The van der Waals surface area contributed by atoms with Crippen molar-refractivity contribution < 1.29 is 5.11 Å². The molecule has 0 aliphatic heterocycles. The molecule has 0 amide bonds. The smallest absolute Gasteiger partial charge is 0.0558 e. The van der Waals surface area contributed by atoms with Gasteiger partial charge in [0.05, 0.1) is 12.3 Å². The van der Waals surface area contributed by atoms with Gasteiger partial charge in [0, 0.05) is 29.8 Å². The minimum atomic E-state index is 0.229. The van der Waals surface area contributed by atoms with Crippen molar-refractivity contribution in [3.63, 3.8) is 0 Å². The zero-order valence-electron chi connectivity index (χ0n) is 9.27. The first kappa shape index (κ1) is 12.0. The lowest BCUT2D eigenvalue weighted by Crippen LogP contribution is -2.41. The van der Waals surface area contributed by atoms with Crippen LogP contribution >= 0.6 is 15.9 Å². The van der Waals surface area contributed by atoms with Crippen LogP contribution in [0.4, 0.5) is 0 Å². The van der Waals surface area contributed by atoms with Crippen molar-refractivity contribution in [3.8, 4) is 0 Å². The Morgan fingerprint density at radius 2 is 2.25 bits per heavy atom. The zero-order valence-corrected chi connectivity index (χ0v) is 10.9. The van der Waals surface area contributed by atoms with Gasteiger partial charge in [-0.15, -0.1) is 0 Å². The Bertz CT molecular complexity index is 324. The molecule has 0 aromatic carbocycles. The van der Waals surface area contributed by atoms with Crippen molar-refractivity contribution in [2.24, 2.45) is 0 Å². The Hall–Kier alpha value is -0.450. The van der Waals surface area contributed by atoms with Crippen molar-refractivity contribution in [1.29, 1.82) is 0 Å². The number of nitrogens with zero attached hydrogens (tertiary/aromatic N) is 2. The van der Waals surface area contributed by atoms with Crippen molar-refractivity contribution in [3.05, 3.63) is 28.5 Å². The number of pyridine rings is 1. The van der Waals surface area contributed by atoms with Crippen LogP contribution in [0.15, 0.2) is 22.8 Å². The third kappa shape index (κ3) is 3.03. The van der Waals surface area contributed by atoms with Crippen LogP contribution in [0, 0.1) is 0 Å². The highest BCUT2D eigenvalue weighted by Crippen LogP contribution is 2.25. The van der Waals surface area contributed by atoms with Gasteiger partial charge in [-0.3, -0.25) is 9.88 Å². The van der Waals surface area contributed by atoms with Crippen LogP contribution in [0.2, 0.25) is 0 Å². The van der Waals surface area contributed by atoms with Gasteiger partial charge in [-0.2, -0.15) is 0 Å². The molecule has 1 aromatic rings. The number of halogens is 1. The van der Waals surface area contributed by atoms with E-state index < -0.39 is 0 Å². The summed E-state index contributed by atoms with van der Waals surface area (Å²) in [6.07, 6.45) is 5.67. The van der Waals surface area contributed by atoms with Crippen molar-refractivity contribution in [2.75, 3.05) is 13.2 Å². The third-order valence-electron chi connectivity index (χ3n) is 3.13. The Morgan fingerprint density at radius 3 is 2.75 bits per heavy atom. The van der Waals surface area contributed by atoms with Crippen molar-refractivity contribution in [1.82, 2.24) is 9.88 Å². The number of aliphatic hydroxyl groups excluding tert-OH is 1. The van der Waals surface area contributed by atoms with Gasteiger partial charge < -0.3 is 5.11 Å². The van der Waals surface area contributed by atoms with E-state index in [4.69, 9.17) is 5.11 Å². The van der Waals surface area contributed by atoms with Gasteiger partial charge in [0.15, 0.2) is 0 Å². The molecule has 0 saturated heterocycles. The second-order valence-electron chi connectivity index (χ2n) is 4.25. The fraction of sp³-hybridized carbons (Fsp3) is 0.583. The van der Waals surface area contributed by atoms with E-state index in [9.17, 15) is 0 Å². The first-order valence-electron chi connectivity index (χ1n) is 5.75. The van der Waals surface area contributed by atoms with Gasteiger partial charge in [-0.25, -0.2) is 0 Å². The van der Waals surface area contributed by atoms with Gasteiger partial charge in [-0.05, 0) is 40.9 Å².